The molecule has 0 saturated carbocycles. The van der Waals surface area contributed by atoms with Crippen LogP contribution in [0.25, 0.3) is 0 Å². The molecule has 4 rings (SSSR count). The molecule has 2 aromatic carbocycles. The number of aryl methyl sites for hydroxylation is 2. The zero-order chi connectivity index (χ0) is 19.2. The van der Waals surface area contributed by atoms with Crippen LogP contribution in [0.5, 0.6) is 11.5 Å². The summed E-state index contributed by atoms with van der Waals surface area (Å²) in [5.74, 6) is 3.44. The Morgan fingerprint density at radius 3 is 2.61 bits per heavy atom. The maximum Gasteiger partial charge on any atom is 0.191 e. The molecule has 0 spiro atoms. The zero-order valence-electron chi connectivity index (χ0n) is 16.1. The Morgan fingerprint density at radius 2 is 1.75 bits per heavy atom. The molecule has 0 atom stereocenters. The van der Waals surface area contributed by atoms with E-state index in [-0.39, 0.29) is 0 Å². The van der Waals surface area contributed by atoms with Crippen LogP contribution < -0.4 is 9.47 Å². The van der Waals surface area contributed by atoms with Crippen molar-refractivity contribution in [3.8, 4) is 11.5 Å². The van der Waals surface area contributed by atoms with Crippen LogP contribution in [0.1, 0.15) is 29.8 Å². The maximum absolute atomic E-state index is 5.98. The predicted molar refractivity (Wildman–Crippen MR) is 111 cm³/mol. The second-order valence-electron chi connectivity index (χ2n) is 6.89. The molecular weight excluding hydrogens is 370 g/mol. The number of para-hydroxylation sites is 1. The second-order valence-corrected chi connectivity index (χ2v) is 7.96. The van der Waals surface area contributed by atoms with Gasteiger partial charge in [-0.05, 0) is 61.1 Å². The van der Waals surface area contributed by atoms with Crippen LogP contribution in [0.2, 0.25) is 0 Å². The molecule has 0 N–H and O–H groups in total. The molecular formula is C22H25N3O2S. The van der Waals surface area contributed by atoms with E-state index in [0.29, 0.717) is 13.2 Å². The lowest BCUT2D eigenvalue weighted by Gasteiger charge is -2.16. The summed E-state index contributed by atoms with van der Waals surface area (Å²) in [5.41, 5.74) is 2.89. The molecule has 5 nitrogen and oxygen atoms in total. The third-order valence-electron chi connectivity index (χ3n) is 4.94. The van der Waals surface area contributed by atoms with Crippen molar-refractivity contribution in [3.05, 3.63) is 65.5 Å². The number of nitrogens with zero attached hydrogens (tertiary/aromatic N) is 3. The van der Waals surface area contributed by atoms with Crippen LogP contribution in [0.3, 0.4) is 0 Å². The quantitative estimate of drug-likeness (QED) is 0.417. The van der Waals surface area contributed by atoms with Crippen molar-refractivity contribution in [1.29, 1.82) is 0 Å². The highest BCUT2D eigenvalue weighted by molar-refractivity contribution is 7.99. The number of hydrogen-bond donors (Lipinski definition) is 0. The summed E-state index contributed by atoms with van der Waals surface area (Å²) in [5, 5.41) is 9.44. The molecule has 1 aliphatic rings. The number of hydrogen-bond acceptors (Lipinski definition) is 5. The van der Waals surface area contributed by atoms with E-state index >= 15 is 0 Å². The number of aromatic nitrogens is 3. The van der Waals surface area contributed by atoms with Gasteiger partial charge in [0.15, 0.2) is 11.0 Å². The van der Waals surface area contributed by atoms with Crippen LogP contribution in [0, 0.1) is 0 Å². The average molecular weight is 396 g/mol. The summed E-state index contributed by atoms with van der Waals surface area (Å²) < 4.78 is 13.7. The number of ether oxygens (including phenoxy) is 2. The number of rotatable bonds is 8. The van der Waals surface area contributed by atoms with Crippen LogP contribution >= 0.6 is 11.8 Å². The SMILES string of the molecule is Cn1c(COc2ccc3c(c2)CCCC3)nnc1SCCOc1ccccc1. The number of thioether (sulfide) groups is 1. The predicted octanol–water partition coefficient (Wildman–Crippen LogP) is 4.44. The monoisotopic (exact) mass is 395 g/mol. The molecule has 0 fully saturated rings. The van der Waals surface area contributed by atoms with Crippen molar-refractivity contribution in [1.82, 2.24) is 14.8 Å². The van der Waals surface area contributed by atoms with E-state index in [2.05, 4.69) is 28.4 Å². The van der Waals surface area contributed by atoms with Gasteiger partial charge in [0, 0.05) is 12.8 Å². The Kier molecular flexibility index (Phi) is 6.17. The zero-order valence-corrected chi connectivity index (χ0v) is 17.0. The highest BCUT2D eigenvalue weighted by Gasteiger charge is 2.12. The van der Waals surface area contributed by atoms with Gasteiger partial charge in [0.2, 0.25) is 0 Å². The second kappa shape index (κ2) is 9.15. The van der Waals surface area contributed by atoms with Gasteiger partial charge in [-0.2, -0.15) is 0 Å². The molecule has 0 radical (unpaired) electrons. The fraction of sp³-hybridized carbons (Fsp3) is 0.364. The number of benzene rings is 2. The lowest BCUT2D eigenvalue weighted by Crippen LogP contribution is -2.06. The topological polar surface area (TPSA) is 49.2 Å². The molecule has 0 bridgehead atoms. The highest BCUT2D eigenvalue weighted by atomic mass is 32.2. The molecule has 6 heteroatoms. The van der Waals surface area contributed by atoms with E-state index in [1.54, 1.807) is 11.8 Å². The molecule has 28 heavy (non-hydrogen) atoms. The van der Waals surface area contributed by atoms with Crippen LogP contribution in [0.4, 0.5) is 0 Å². The van der Waals surface area contributed by atoms with Gasteiger partial charge in [0.25, 0.3) is 0 Å². The van der Waals surface area contributed by atoms with Gasteiger partial charge < -0.3 is 14.0 Å². The van der Waals surface area contributed by atoms with E-state index in [9.17, 15) is 0 Å². The Hall–Kier alpha value is -2.47. The first-order valence-electron chi connectivity index (χ1n) is 9.73. The van der Waals surface area contributed by atoms with Crippen molar-refractivity contribution in [2.24, 2.45) is 7.05 Å². The number of fused-ring (bicyclic) bond motifs is 1. The molecule has 1 aliphatic carbocycles. The van der Waals surface area contributed by atoms with Gasteiger partial charge in [-0.15, -0.1) is 10.2 Å². The third kappa shape index (κ3) is 4.68. The van der Waals surface area contributed by atoms with Gasteiger partial charge >= 0.3 is 0 Å². The Bertz CT molecular complexity index is 911. The minimum absolute atomic E-state index is 0.420. The largest absolute Gasteiger partial charge is 0.493 e. The van der Waals surface area contributed by atoms with Gasteiger partial charge in [-0.1, -0.05) is 36.0 Å². The van der Waals surface area contributed by atoms with E-state index in [1.807, 2.05) is 41.9 Å². The Labute approximate surface area is 170 Å². The van der Waals surface area contributed by atoms with Crippen LogP contribution in [-0.4, -0.2) is 27.1 Å². The average Bonchev–Trinajstić information content (AvgIpc) is 3.10. The van der Waals surface area contributed by atoms with Crippen molar-refractivity contribution in [2.75, 3.05) is 12.4 Å². The summed E-state index contributed by atoms with van der Waals surface area (Å²) in [6, 6.07) is 16.3. The Balaban J connectivity index is 1.27. The molecule has 1 aromatic heterocycles. The molecule has 0 unspecified atom stereocenters. The van der Waals surface area contributed by atoms with E-state index < -0.39 is 0 Å². The molecule has 3 aromatic rings. The maximum atomic E-state index is 5.98. The summed E-state index contributed by atoms with van der Waals surface area (Å²) in [6.45, 7) is 1.05. The van der Waals surface area contributed by atoms with Gasteiger partial charge in [-0.25, -0.2) is 0 Å². The molecule has 0 amide bonds. The summed E-state index contributed by atoms with van der Waals surface area (Å²) in [7, 11) is 1.98. The van der Waals surface area contributed by atoms with Gasteiger partial charge in [-0.3, -0.25) is 0 Å². The fourth-order valence-corrected chi connectivity index (χ4v) is 4.10. The van der Waals surface area contributed by atoms with E-state index in [1.165, 1.54) is 30.4 Å². The van der Waals surface area contributed by atoms with Crippen LogP contribution in [0.15, 0.2) is 53.7 Å². The minimum atomic E-state index is 0.420. The van der Waals surface area contributed by atoms with Crippen LogP contribution in [-0.2, 0) is 26.5 Å². The first kappa shape index (κ1) is 18.9. The lowest BCUT2D eigenvalue weighted by atomic mass is 9.92. The molecule has 0 saturated heterocycles. The van der Waals surface area contributed by atoms with Crippen molar-refractivity contribution < 1.29 is 9.47 Å². The minimum Gasteiger partial charge on any atom is -0.493 e. The van der Waals surface area contributed by atoms with E-state index in [0.717, 1.165) is 34.7 Å². The summed E-state index contributed by atoms with van der Waals surface area (Å²) in [6.07, 6.45) is 4.91. The standard InChI is InChI=1S/C22H25N3O2S/c1-25-21(16-27-20-12-11-17-7-5-6-8-18(17)15-20)23-24-22(25)28-14-13-26-19-9-3-2-4-10-19/h2-4,9-12,15H,5-8,13-14,16H2,1H3. The molecule has 0 aliphatic heterocycles. The van der Waals surface area contributed by atoms with Gasteiger partial charge in [0.1, 0.15) is 18.1 Å². The summed E-state index contributed by atoms with van der Waals surface area (Å²) >= 11 is 1.64. The molecule has 146 valence electrons. The fourth-order valence-electron chi connectivity index (χ4n) is 3.35. The summed E-state index contributed by atoms with van der Waals surface area (Å²) in [4.78, 5) is 0. The smallest absolute Gasteiger partial charge is 0.191 e. The van der Waals surface area contributed by atoms with Crippen molar-refractivity contribution in [3.63, 3.8) is 0 Å². The highest BCUT2D eigenvalue weighted by Crippen LogP contribution is 2.26. The first-order valence-corrected chi connectivity index (χ1v) is 10.7. The van der Waals surface area contributed by atoms with Gasteiger partial charge in [0.05, 0.1) is 6.61 Å². The Morgan fingerprint density at radius 1 is 0.929 bits per heavy atom. The molecule has 1 heterocycles. The van der Waals surface area contributed by atoms with Crippen molar-refractivity contribution in [2.45, 2.75) is 37.4 Å². The van der Waals surface area contributed by atoms with E-state index in [4.69, 9.17) is 9.47 Å². The van der Waals surface area contributed by atoms with Crippen molar-refractivity contribution >= 4 is 11.8 Å². The normalized spacial score (nSPS) is 13.2. The third-order valence-corrected chi connectivity index (χ3v) is 5.92. The first-order chi connectivity index (χ1) is 13.8. The lowest BCUT2D eigenvalue weighted by molar-refractivity contribution is 0.290.